The summed E-state index contributed by atoms with van der Waals surface area (Å²) in [5.74, 6) is -0.710. The molecule has 5 nitrogen and oxygen atoms in total. The third-order valence-electron chi connectivity index (χ3n) is 2.75. The van der Waals surface area contributed by atoms with E-state index in [1.54, 1.807) is 0 Å². The highest BCUT2D eigenvalue weighted by Gasteiger charge is 2.16. The number of nitrogens with two attached hydrogens (primary N) is 2. The maximum absolute atomic E-state index is 12.0. The van der Waals surface area contributed by atoms with Gasteiger partial charge in [-0.1, -0.05) is 12.1 Å². The first-order chi connectivity index (χ1) is 8.99. The molecule has 2 rings (SSSR count). The summed E-state index contributed by atoms with van der Waals surface area (Å²) in [6.07, 6.45) is 0.121. The van der Waals surface area contributed by atoms with E-state index in [4.69, 9.17) is 11.5 Å². The fourth-order valence-electron chi connectivity index (χ4n) is 1.77. The maximum atomic E-state index is 12.0. The summed E-state index contributed by atoms with van der Waals surface area (Å²) in [5.41, 5.74) is 12.6. The Morgan fingerprint density at radius 3 is 2.79 bits per heavy atom. The van der Waals surface area contributed by atoms with Gasteiger partial charge in [0.1, 0.15) is 4.88 Å². The quantitative estimate of drug-likeness (QED) is 0.787. The number of benzene rings is 1. The number of fused-ring (bicyclic) bond motifs is 1. The molecule has 2 amide bonds. The van der Waals surface area contributed by atoms with Crippen LogP contribution in [0, 0.1) is 6.92 Å². The molecule has 2 aromatic rings. The summed E-state index contributed by atoms with van der Waals surface area (Å²) in [4.78, 5) is 23.1. The Balaban J connectivity index is 2.22. The number of hydrogen-bond acceptors (Lipinski definition) is 4. The molecule has 0 spiro atoms. The highest BCUT2D eigenvalue weighted by Crippen LogP contribution is 2.33. The molecule has 0 bridgehead atoms. The topological polar surface area (TPSA) is 98.2 Å². The van der Waals surface area contributed by atoms with Gasteiger partial charge in [0.15, 0.2) is 0 Å². The van der Waals surface area contributed by atoms with Gasteiger partial charge >= 0.3 is 0 Å². The molecule has 19 heavy (non-hydrogen) atoms. The summed E-state index contributed by atoms with van der Waals surface area (Å²) < 4.78 is 0.984. The van der Waals surface area contributed by atoms with Crippen molar-refractivity contribution in [3.8, 4) is 0 Å². The Hall–Kier alpha value is -2.08. The smallest absolute Gasteiger partial charge is 0.263 e. The molecule has 1 aromatic heterocycles. The number of carbonyl (C=O) groups is 2. The van der Waals surface area contributed by atoms with Gasteiger partial charge in [0.25, 0.3) is 5.91 Å². The van der Waals surface area contributed by atoms with Crippen LogP contribution in [0.25, 0.3) is 10.1 Å². The molecule has 6 heteroatoms. The molecule has 0 aliphatic heterocycles. The minimum Gasteiger partial charge on any atom is -0.397 e. The zero-order valence-electron chi connectivity index (χ0n) is 10.5. The van der Waals surface area contributed by atoms with Crippen molar-refractivity contribution in [3.05, 3.63) is 28.6 Å². The molecule has 1 aromatic carbocycles. The van der Waals surface area contributed by atoms with Crippen molar-refractivity contribution in [2.45, 2.75) is 13.3 Å². The lowest BCUT2D eigenvalue weighted by Gasteiger charge is -2.02. The molecular formula is C13H15N3O2S. The van der Waals surface area contributed by atoms with Crippen LogP contribution in [0.15, 0.2) is 18.2 Å². The third kappa shape index (κ3) is 2.85. The molecule has 0 aliphatic rings. The van der Waals surface area contributed by atoms with Crippen molar-refractivity contribution < 1.29 is 9.59 Å². The lowest BCUT2D eigenvalue weighted by atomic mass is 10.1. The average Bonchev–Trinajstić information content (AvgIpc) is 2.65. The molecule has 1 heterocycles. The second kappa shape index (κ2) is 5.27. The summed E-state index contributed by atoms with van der Waals surface area (Å²) >= 11 is 1.35. The molecule has 0 fully saturated rings. The number of rotatable bonds is 4. The van der Waals surface area contributed by atoms with Gasteiger partial charge in [0.2, 0.25) is 5.91 Å². The average molecular weight is 277 g/mol. The van der Waals surface area contributed by atoms with E-state index in [0.717, 1.165) is 15.6 Å². The number of hydrogen-bond donors (Lipinski definition) is 3. The van der Waals surface area contributed by atoms with E-state index < -0.39 is 5.91 Å². The van der Waals surface area contributed by atoms with Gasteiger partial charge in [-0.25, -0.2) is 0 Å². The number of amides is 2. The van der Waals surface area contributed by atoms with Gasteiger partial charge in [0, 0.05) is 23.1 Å². The Bertz CT molecular complexity index is 649. The Kier molecular flexibility index (Phi) is 3.71. The Morgan fingerprint density at radius 1 is 1.37 bits per heavy atom. The number of thiophene rings is 1. The van der Waals surface area contributed by atoms with Crippen LogP contribution >= 0.6 is 11.3 Å². The van der Waals surface area contributed by atoms with Gasteiger partial charge in [0.05, 0.1) is 5.69 Å². The van der Waals surface area contributed by atoms with E-state index in [-0.39, 0.29) is 18.9 Å². The van der Waals surface area contributed by atoms with Crippen LogP contribution in [0.5, 0.6) is 0 Å². The summed E-state index contributed by atoms with van der Waals surface area (Å²) in [6, 6.07) is 5.87. The van der Waals surface area contributed by atoms with Crippen molar-refractivity contribution in [1.29, 1.82) is 0 Å². The molecule has 0 aliphatic carbocycles. The first kappa shape index (κ1) is 13.4. The number of aryl methyl sites for hydroxylation is 1. The van der Waals surface area contributed by atoms with Crippen LogP contribution in [0.3, 0.4) is 0 Å². The van der Waals surface area contributed by atoms with Gasteiger partial charge in [-0.2, -0.15) is 0 Å². The van der Waals surface area contributed by atoms with E-state index >= 15 is 0 Å². The zero-order valence-corrected chi connectivity index (χ0v) is 11.3. The molecule has 0 radical (unpaired) electrons. The van der Waals surface area contributed by atoms with Crippen molar-refractivity contribution in [3.63, 3.8) is 0 Å². The molecule has 0 saturated heterocycles. The highest BCUT2D eigenvalue weighted by molar-refractivity contribution is 7.21. The first-order valence-corrected chi connectivity index (χ1v) is 6.66. The van der Waals surface area contributed by atoms with Gasteiger partial charge in [-0.05, 0) is 18.6 Å². The van der Waals surface area contributed by atoms with Crippen LogP contribution in [0.1, 0.15) is 21.7 Å². The van der Waals surface area contributed by atoms with Crippen LogP contribution < -0.4 is 16.8 Å². The van der Waals surface area contributed by atoms with Crippen LogP contribution in [-0.4, -0.2) is 18.4 Å². The zero-order chi connectivity index (χ0) is 14.0. The van der Waals surface area contributed by atoms with Gasteiger partial charge in [-0.3, -0.25) is 9.59 Å². The predicted molar refractivity (Wildman–Crippen MR) is 77.1 cm³/mol. The number of carbonyl (C=O) groups excluding carboxylic acids is 2. The lowest BCUT2D eigenvalue weighted by Crippen LogP contribution is -2.27. The van der Waals surface area contributed by atoms with Gasteiger partial charge in [-0.15, -0.1) is 11.3 Å². The van der Waals surface area contributed by atoms with Crippen molar-refractivity contribution in [1.82, 2.24) is 5.32 Å². The molecular weight excluding hydrogens is 262 g/mol. The monoisotopic (exact) mass is 277 g/mol. The van der Waals surface area contributed by atoms with Crippen molar-refractivity contribution in [2.75, 3.05) is 12.3 Å². The van der Waals surface area contributed by atoms with Crippen LogP contribution in [-0.2, 0) is 4.79 Å². The molecule has 0 unspecified atom stereocenters. The van der Waals surface area contributed by atoms with E-state index in [0.29, 0.717) is 10.6 Å². The van der Waals surface area contributed by atoms with Crippen LogP contribution in [0.4, 0.5) is 5.69 Å². The third-order valence-corrected chi connectivity index (χ3v) is 3.91. The van der Waals surface area contributed by atoms with E-state index in [1.165, 1.54) is 11.3 Å². The minimum atomic E-state index is -0.444. The largest absolute Gasteiger partial charge is 0.397 e. The first-order valence-electron chi connectivity index (χ1n) is 5.84. The molecule has 100 valence electrons. The van der Waals surface area contributed by atoms with Gasteiger partial charge < -0.3 is 16.8 Å². The number of nitrogen functional groups attached to an aromatic ring is 1. The lowest BCUT2D eigenvalue weighted by molar-refractivity contribution is -0.117. The normalized spacial score (nSPS) is 10.6. The fourth-order valence-corrected chi connectivity index (χ4v) is 2.91. The fraction of sp³-hybridized carbons (Fsp3) is 0.231. The Labute approximate surface area is 114 Å². The second-order valence-corrected chi connectivity index (χ2v) is 5.37. The number of anilines is 1. The highest BCUT2D eigenvalue weighted by atomic mass is 32.1. The SMILES string of the molecule is Cc1ccc2c(N)c(C(=O)NCCC(N)=O)sc2c1. The molecule has 5 N–H and O–H groups in total. The predicted octanol–water partition coefficient (Wildman–Crippen LogP) is 1.40. The van der Waals surface area contributed by atoms with Crippen molar-refractivity contribution >= 4 is 38.9 Å². The van der Waals surface area contributed by atoms with Crippen molar-refractivity contribution in [2.24, 2.45) is 5.73 Å². The van der Waals surface area contributed by atoms with Crippen LogP contribution in [0.2, 0.25) is 0 Å². The molecule has 0 saturated carbocycles. The van der Waals surface area contributed by atoms with E-state index in [2.05, 4.69) is 5.32 Å². The second-order valence-electron chi connectivity index (χ2n) is 4.32. The summed E-state index contributed by atoms with van der Waals surface area (Å²) in [7, 11) is 0. The van der Waals surface area contributed by atoms with E-state index in [9.17, 15) is 9.59 Å². The maximum Gasteiger partial charge on any atom is 0.263 e. The Morgan fingerprint density at radius 2 is 2.11 bits per heavy atom. The summed E-state index contributed by atoms with van der Waals surface area (Å²) in [5, 5.41) is 3.52. The molecule has 0 atom stereocenters. The summed E-state index contributed by atoms with van der Waals surface area (Å²) in [6.45, 7) is 2.21. The standard InChI is InChI=1S/C13H15N3O2S/c1-7-2-3-8-9(6-7)19-12(11(8)15)13(18)16-5-4-10(14)17/h2-3,6H,4-5,15H2,1H3,(H2,14,17)(H,16,18). The number of nitrogens with one attached hydrogen (secondary N) is 1. The van der Waals surface area contributed by atoms with E-state index in [1.807, 2.05) is 25.1 Å². The number of primary amides is 1. The minimum absolute atomic E-state index is 0.121.